The Morgan fingerprint density at radius 1 is 1.11 bits per heavy atom. The third kappa shape index (κ3) is 3.19. The molecule has 0 N–H and O–H groups in total. The lowest BCUT2D eigenvalue weighted by Gasteiger charge is -2.25. The molecule has 2 nitrogen and oxygen atoms in total. The van der Waals surface area contributed by atoms with Crippen LogP contribution in [0, 0.1) is 5.82 Å². The van der Waals surface area contributed by atoms with Crippen LogP contribution in [-0.2, 0) is 6.54 Å². The molecule has 1 saturated heterocycles. The SMILES string of the molecule is Fc1ccc(-c2csc(CN3CCCCC3)n2)cc1. The van der Waals surface area contributed by atoms with Crippen LogP contribution in [0.25, 0.3) is 11.3 Å². The molecule has 1 aromatic carbocycles. The molecule has 1 aromatic heterocycles. The lowest BCUT2D eigenvalue weighted by atomic mass is 10.1. The first kappa shape index (κ1) is 12.8. The van der Waals surface area contributed by atoms with E-state index in [4.69, 9.17) is 0 Å². The monoisotopic (exact) mass is 276 g/mol. The maximum atomic E-state index is 12.9. The second kappa shape index (κ2) is 5.80. The summed E-state index contributed by atoms with van der Waals surface area (Å²) in [6.45, 7) is 3.32. The van der Waals surface area contributed by atoms with Gasteiger partial charge in [0.25, 0.3) is 0 Å². The van der Waals surface area contributed by atoms with E-state index in [-0.39, 0.29) is 5.82 Å². The van der Waals surface area contributed by atoms with E-state index in [1.54, 1.807) is 23.5 Å². The van der Waals surface area contributed by atoms with E-state index in [0.29, 0.717) is 0 Å². The van der Waals surface area contributed by atoms with E-state index < -0.39 is 0 Å². The number of aromatic nitrogens is 1. The number of nitrogens with zero attached hydrogens (tertiary/aromatic N) is 2. The van der Waals surface area contributed by atoms with Crippen LogP contribution in [0.4, 0.5) is 4.39 Å². The van der Waals surface area contributed by atoms with Gasteiger partial charge < -0.3 is 0 Å². The molecule has 0 radical (unpaired) electrons. The average molecular weight is 276 g/mol. The topological polar surface area (TPSA) is 16.1 Å². The number of hydrogen-bond acceptors (Lipinski definition) is 3. The van der Waals surface area contributed by atoms with Gasteiger partial charge in [-0.2, -0.15) is 0 Å². The van der Waals surface area contributed by atoms with Crippen LogP contribution in [0.3, 0.4) is 0 Å². The van der Waals surface area contributed by atoms with Crippen molar-refractivity contribution in [1.29, 1.82) is 0 Å². The molecule has 3 rings (SSSR count). The van der Waals surface area contributed by atoms with Crippen molar-refractivity contribution in [3.05, 3.63) is 40.5 Å². The van der Waals surface area contributed by atoms with Crippen LogP contribution in [0.5, 0.6) is 0 Å². The zero-order valence-corrected chi connectivity index (χ0v) is 11.6. The van der Waals surface area contributed by atoms with Crippen molar-refractivity contribution in [2.75, 3.05) is 13.1 Å². The minimum absolute atomic E-state index is 0.201. The number of benzene rings is 1. The molecule has 0 spiro atoms. The highest BCUT2D eigenvalue weighted by Gasteiger charge is 2.12. The Morgan fingerprint density at radius 3 is 2.58 bits per heavy atom. The number of thiazole rings is 1. The highest BCUT2D eigenvalue weighted by atomic mass is 32.1. The van der Waals surface area contributed by atoms with Crippen molar-refractivity contribution in [3.8, 4) is 11.3 Å². The minimum atomic E-state index is -0.201. The maximum Gasteiger partial charge on any atom is 0.123 e. The molecule has 2 heterocycles. The standard InChI is InChI=1S/C15H17FN2S/c16-13-6-4-12(5-7-13)14-11-19-15(17-14)10-18-8-2-1-3-9-18/h4-7,11H,1-3,8-10H2. The van der Waals surface area contributed by atoms with Crippen molar-refractivity contribution in [3.63, 3.8) is 0 Å². The predicted octanol–water partition coefficient (Wildman–Crippen LogP) is 3.94. The second-order valence-corrected chi connectivity index (χ2v) is 5.91. The Balaban J connectivity index is 1.70. The summed E-state index contributed by atoms with van der Waals surface area (Å²) in [4.78, 5) is 7.13. The Morgan fingerprint density at radius 2 is 1.84 bits per heavy atom. The first-order valence-electron chi connectivity index (χ1n) is 6.74. The lowest BCUT2D eigenvalue weighted by molar-refractivity contribution is 0.220. The number of piperidine rings is 1. The third-order valence-corrected chi connectivity index (χ3v) is 4.33. The van der Waals surface area contributed by atoms with Gasteiger partial charge in [-0.1, -0.05) is 6.42 Å². The zero-order chi connectivity index (χ0) is 13.1. The van der Waals surface area contributed by atoms with Crippen molar-refractivity contribution >= 4 is 11.3 Å². The summed E-state index contributed by atoms with van der Waals surface area (Å²) >= 11 is 1.70. The van der Waals surface area contributed by atoms with Gasteiger partial charge >= 0.3 is 0 Å². The summed E-state index contributed by atoms with van der Waals surface area (Å²) in [6, 6.07) is 6.54. The van der Waals surface area contributed by atoms with E-state index in [2.05, 4.69) is 15.3 Å². The van der Waals surface area contributed by atoms with Crippen LogP contribution < -0.4 is 0 Å². The normalized spacial score (nSPS) is 16.7. The molecule has 0 unspecified atom stereocenters. The van der Waals surface area contributed by atoms with Crippen LogP contribution in [0.1, 0.15) is 24.3 Å². The zero-order valence-electron chi connectivity index (χ0n) is 10.8. The second-order valence-electron chi connectivity index (χ2n) is 4.97. The van der Waals surface area contributed by atoms with Crippen molar-refractivity contribution < 1.29 is 4.39 Å². The fourth-order valence-electron chi connectivity index (χ4n) is 2.45. The van der Waals surface area contributed by atoms with Gasteiger partial charge in [-0.15, -0.1) is 11.3 Å². The summed E-state index contributed by atoms with van der Waals surface area (Å²) in [5, 5.41) is 3.22. The first-order valence-corrected chi connectivity index (χ1v) is 7.62. The number of rotatable bonds is 3. The number of hydrogen-bond donors (Lipinski definition) is 0. The molecule has 1 fully saturated rings. The summed E-state index contributed by atoms with van der Waals surface area (Å²) < 4.78 is 12.9. The summed E-state index contributed by atoms with van der Waals surface area (Å²) in [5.74, 6) is -0.201. The van der Waals surface area contributed by atoms with Gasteiger partial charge in [-0.05, 0) is 50.2 Å². The first-order chi connectivity index (χ1) is 9.31. The maximum absolute atomic E-state index is 12.9. The Kier molecular flexibility index (Phi) is 3.89. The molecule has 2 aromatic rings. The summed E-state index contributed by atoms with van der Waals surface area (Å²) in [5.41, 5.74) is 1.94. The number of halogens is 1. The molecule has 4 heteroatoms. The Labute approximate surface area is 116 Å². The van der Waals surface area contributed by atoms with Gasteiger partial charge in [-0.3, -0.25) is 4.90 Å². The van der Waals surface area contributed by atoms with Crippen LogP contribution in [-0.4, -0.2) is 23.0 Å². The van der Waals surface area contributed by atoms with E-state index in [1.165, 1.54) is 44.5 Å². The smallest absolute Gasteiger partial charge is 0.123 e. The summed E-state index contributed by atoms with van der Waals surface area (Å²) in [6.07, 6.45) is 3.96. The molecule has 1 aliphatic rings. The fourth-order valence-corrected chi connectivity index (χ4v) is 3.29. The van der Waals surface area contributed by atoms with Crippen LogP contribution in [0.15, 0.2) is 29.6 Å². The van der Waals surface area contributed by atoms with E-state index in [0.717, 1.165) is 22.8 Å². The molecule has 0 aliphatic carbocycles. The van der Waals surface area contributed by atoms with Crippen molar-refractivity contribution in [2.24, 2.45) is 0 Å². The van der Waals surface area contributed by atoms with Gasteiger partial charge in [0.05, 0.1) is 12.2 Å². The van der Waals surface area contributed by atoms with E-state index in [1.807, 2.05) is 0 Å². The Bertz CT molecular complexity index is 529. The fraction of sp³-hybridized carbons (Fsp3) is 0.400. The molecular formula is C15H17FN2S. The minimum Gasteiger partial charge on any atom is -0.297 e. The molecule has 0 atom stereocenters. The van der Waals surface area contributed by atoms with Crippen LogP contribution in [0.2, 0.25) is 0 Å². The molecule has 0 saturated carbocycles. The van der Waals surface area contributed by atoms with Gasteiger partial charge in [-0.25, -0.2) is 9.37 Å². The lowest BCUT2D eigenvalue weighted by Crippen LogP contribution is -2.28. The molecule has 1 aliphatic heterocycles. The van der Waals surface area contributed by atoms with Gasteiger partial charge in [0, 0.05) is 10.9 Å². The van der Waals surface area contributed by atoms with E-state index in [9.17, 15) is 4.39 Å². The molecule has 0 bridgehead atoms. The highest BCUT2D eigenvalue weighted by molar-refractivity contribution is 7.09. The van der Waals surface area contributed by atoms with Crippen LogP contribution >= 0.6 is 11.3 Å². The average Bonchev–Trinajstić information content (AvgIpc) is 2.89. The van der Waals surface area contributed by atoms with Gasteiger partial charge in [0.1, 0.15) is 10.8 Å². The Hall–Kier alpha value is -1.26. The van der Waals surface area contributed by atoms with Gasteiger partial charge in [0.2, 0.25) is 0 Å². The summed E-state index contributed by atoms with van der Waals surface area (Å²) in [7, 11) is 0. The van der Waals surface area contributed by atoms with Crippen molar-refractivity contribution in [2.45, 2.75) is 25.8 Å². The predicted molar refractivity (Wildman–Crippen MR) is 76.6 cm³/mol. The third-order valence-electron chi connectivity index (χ3n) is 3.50. The van der Waals surface area contributed by atoms with Gasteiger partial charge in [0.15, 0.2) is 0 Å². The molecule has 0 amide bonds. The quantitative estimate of drug-likeness (QED) is 0.844. The van der Waals surface area contributed by atoms with E-state index >= 15 is 0 Å². The largest absolute Gasteiger partial charge is 0.297 e. The van der Waals surface area contributed by atoms with Crippen molar-refractivity contribution in [1.82, 2.24) is 9.88 Å². The highest BCUT2D eigenvalue weighted by Crippen LogP contribution is 2.23. The molecular weight excluding hydrogens is 259 g/mol. The molecule has 19 heavy (non-hydrogen) atoms. The molecule has 100 valence electrons. The number of likely N-dealkylation sites (tertiary alicyclic amines) is 1.